The fourth-order valence-corrected chi connectivity index (χ4v) is 0.715. The molecule has 0 unspecified atom stereocenters. The zero-order chi connectivity index (χ0) is 8.95. The molecule has 0 aromatic heterocycles. The first-order chi connectivity index (χ1) is 5.33. The van der Waals surface area contributed by atoms with E-state index in [2.05, 4.69) is 13.5 Å². The van der Waals surface area contributed by atoms with E-state index in [1.54, 1.807) is 0 Å². The molecule has 0 aliphatic heterocycles. The van der Waals surface area contributed by atoms with Gasteiger partial charge in [0.25, 0.3) is 0 Å². The van der Waals surface area contributed by atoms with Crippen molar-refractivity contribution in [3.8, 4) is 0 Å². The van der Waals surface area contributed by atoms with Gasteiger partial charge in [-0.05, 0) is 12.8 Å². The Labute approximate surface area is 86.7 Å². The molecule has 0 saturated carbocycles. The Balaban J connectivity index is 0. The predicted molar refractivity (Wildman–Crippen MR) is 50.7 cm³/mol. The van der Waals surface area contributed by atoms with Crippen LogP contribution in [0.4, 0.5) is 0 Å². The molecule has 0 N–H and O–H groups in total. The maximum atomic E-state index is 4.88. The van der Waals surface area contributed by atoms with Crippen LogP contribution in [0.5, 0.6) is 0 Å². The minimum atomic E-state index is -0.472. The van der Waals surface area contributed by atoms with Gasteiger partial charge in [0.1, 0.15) is 0 Å². The van der Waals surface area contributed by atoms with Gasteiger partial charge in [0.2, 0.25) is 0 Å². The normalized spacial score (nSPS) is 8.64. The van der Waals surface area contributed by atoms with E-state index >= 15 is 0 Å². The van der Waals surface area contributed by atoms with Crippen LogP contribution in [0.25, 0.3) is 0 Å². The third-order valence-corrected chi connectivity index (χ3v) is 1.26. The summed E-state index contributed by atoms with van der Waals surface area (Å²) in [5, 5.41) is 0. The Morgan fingerprint density at radius 2 is 1.82 bits per heavy atom. The van der Waals surface area contributed by atoms with Gasteiger partial charge >= 0.3 is 35.3 Å². The molecule has 72 valence electrons. The van der Waals surface area contributed by atoms with Crippen LogP contribution in [0.3, 0.4) is 0 Å². The summed E-state index contributed by atoms with van der Waals surface area (Å²) < 4.78 is 0. The van der Waals surface area contributed by atoms with Crippen molar-refractivity contribution >= 4 is 18.8 Å². The number of hydrogen-bond donors (Lipinski definition) is 0. The van der Waals surface area contributed by atoms with E-state index < -0.39 is 16.5 Å². The summed E-state index contributed by atoms with van der Waals surface area (Å²) in [6.07, 6.45) is 8.61. The first-order valence-corrected chi connectivity index (χ1v) is 9.39. The molecule has 0 heterocycles. The predicted octanol–water partition coefficient (Wildman–Crippen LogP) is 4.52. The Kier molecular flexibility index (Phi) is 22.7. The molecule has 0 aliphatic rings. The Morgan fingerprint density at radius 3 is 2.18 bits per heavy atom. The molecule has 0 nitrogen and oxygen atoms in total. The van der Waals surface area contributed by atoms with E-state index in [9.17, 15) is 0 Å². The minimum absolute atomic E-state index is 0.472. The van der Waals surface area contributed by atoms with Crippen molar-refractivity contribution in [3.05, 3.63) is 12.7 Å². The molecule has 0 aromatic carbocycles. The van der Waals surface area contributed by atoms with Gasteiger partial charge in [0.15, 0.2) is 0 Å². The molecule has 0 bridgehead atoms. The quantitative estimate of drug-likeness (QED) is 0.488. The average molecular weight is 378 g/mol. The van der Waals surface area contributed by atoms with Crippen molar-refractivity contribution < 1.29 is 16.5 Å². The molecule has 0 saturated heterocycles. The van der Waals surface area contributed by atoms with Crippen LogP contribution >= 0.6 is 18.8 Å². The summed E-state index contributed by atoms with van der Waals surface area (Å²) in [6.45, 7) is 5.89. The Hall–Kier alpha value is 1.01. The third-order valence-electron chi connectivity index (χ3n) is 1.26. The second-order valence-electron chi connectivity index (χ2n) is 2.18. The molecule has 11 heavy (non-hydrogen) atoms. The summed E-state index contributed by atoms with van der Waals surface area (Å²) in [5.41, 5.74) is 0. The van der Waals surface area contributed by atoms with Crippen LogP contribution in [0.15, 0.2) is 12.7 Å². The van der Waals surface area contributed by atoms with Crippen molar-refractivity contribution in [2.24, 2.45) is 0 Å². The van der Waals surface area contributed by atoms with Gasteiger partial charge in [-0.2, -0.15) is 0 Å². The van der Waals surface area contributed by atoms with Crippen molar-refractivity contribution in [2.45, 2.75) is 39.0 Å². The Morgan fingerprint density at radius 1 is 1.27 bits per heavy atom. The molecule has 0 spiro atoms. The monoisotopic (exact) mass is 377 g/mol. The van der Waals surface area contributed by atoms with Gasteiger partial charge in [-0.15, -0.1) is 6.58 Å². The summed E-state index contributed by atoms with van der Waals surface area (Å²) in [4.78, 5) is 0. The van der Waals surface area contributed by atoms with Crippen LogP contribution in [0.1, 0.15) is 39.0 Å². The molecule has 0 aliphatic carbocycles. The Bertz CT molecular complexity index is 67.1. The molecule has 3 heteroatoms. The molecular formula is C8H16Cl2Pt. The molecule has 0 amide bonds. The van der Waals surface area contributed by atoms with Crippen molar-refractivity contribution in [1.29, 1.82) is 0 Å². The van der Waals surface area contributed by atoms with Gasteiger partial charge in [-0.25, -0.2) is 0 Å². The van der Waals surface area contributed by atoms with Crippen molar-refractivity contribution in [1.82, 2.24) is 0 Å². The topological polar surface area (TPSA) is 0 Å². The summed E-state index contributed by atoms with van der Waals surface area (Å²) in [7, 11) is 9.75. The van der Waals surface area contributed by atoms with Gasteiger partial charge in [0, 0.05) is 0 Å². The van der Waals surface area contributed by atoms with Crippen LogP contribution in [0, 0.1) is 0 Å². The first kappa shape index (κ1) is 14.5. The number of allylic oxidation sites excluding steroid dienone is 1. The second kappa shape index (κ2) is 17.2. The zero-order valence-corrected chi connectivity index (χ0v) is 10.7. The molecule has 0 radical (unpaired) electrons. The molecule has 0 rings (SSSR count). The van der Waals surface area contributed by atoms with Crippen LogP contribution < -0.4 is 0 Å². The van der Waals surface area contributed by atoms with E-state index in [0.717, 1.165) is 0 Å². The third kappa shape index (κ3) is 24.7. The van der Waals surface area contributed by atoms with Crippen LogP contribution in [0.2, 0.25) is 0 Å². The number of rotatable bonds is 5. The van der Waals surface area contributed by atoms with Gasteiger partial charge in [-0.3, -0.25) is 0 Å². The number of hydrogen-bond acceptors (Lipinski definition) is 0. The number of halogens is 2. The van der Waals surface area contributed by atoms with Crippen LogP contribution in [-0.4, -0.2) is 0 Å². The van der Waals surface area contributed by atoms with Crippen LogP contribution in [-0.2, 0) is 16.5 Å². The first-order valence-electron chi connectivity index (χ1n) is 3.76. The molecule has 0 atom stereocenters. The number of unbranched alkanes of at least 4 members (excludes halogenated alkanes) is 4. The summed E-state index contributed by atoms with van der Waals surface area (Å²) in [6, 6.07) is 0. The fourth-order valence-electron chi connectivity index (χ4n) is 0.715. The molecule has 0 aromatic rings. The van der Waals surface area contributed by atoms with Gasteiger partial charge in [-0.1, -0.05) is 32.3 Å². The van der Waals surface area contributed by atoms with E-state index in [1.807, 2.05) is 6.08 Å². The summed E-state index contributed by atoms with van der Waals surface area (Å²) in [5.74, 6) is 0. The standard InChI is InChI=1S/C8H16.2ClH.Pt/c1-3-5-7-8-6-4-2;;;/h3H,1,4-8H2,2H3;2*1H;/q;;;+2/p-2. The van der Waals surface area contributed by atoms with E-state index in [-0.39, 0.29) is 0 Å². The molecule has 0 fully saturated rings. The van der Waals surface area contributed by atoms with E-state index in [1.165, 1.54) is 32.1 Å². The maximum absolute atomic E-state index is 4.88. The summed E-state index contributed by atoms with van der Waals surface area (Å²) >= 11 is -0.472. The average Bonchev–Trinajstić information content (AvgIpc) is 2.00. The zero-order valence-electron chi connectivity index (χ0n) is 6.89. The van der Waals surface area contributed by atoms with Gasteiger partial charge < -0.3 is 0 Å². The van der Waals surface area contributed by atoms with Crippen molar-refractivity contribution in [2.75, 3.05) is 0 Å². The van der Waals surface area contributed by atoms with E-state index in [4.69, 9.17) is 18.8 Å². The second-order valence-corrected chi connectivity index (χ2v) is 5.47. The van der Waals surface area contributed by atoms with Gasteiger partial charge in [0.05, 0.1) is 0 Å². The molecular weight excluding hydrogens is 362 g/mol. The SMILES string of the molecule is C=CCCCCCC.[Cl][Pt][Cl]. The van der Waals surface area contributed by atoms with E-state index in [0.29, 0.717) is 0 Å². The van der Waals surface area contributed by atoms with Crippen molar-refractivity contribution in [3.63, 3.8) is 0 Å². The fraction of sp³-hybridized carbons (Fsp3) is 0.750.